The number of carbonyl (C=O) groups is 5. The first-order chi connectivity index (χ1) is 27.5. The van der Waals surface area contributed by atoms with Crippen molar-refractivity contribution in [2.45, 2.75) is 54.4 Å². The molecular weight excluding hydrogens is 729 g/mol. The van der Waals surface area contributed by atoms with Crippen molar-refractivity contribution < 1.29 is 24.0 Å². The number of rotatable bonds is 9. The number of benzene rings is 3. The maximum Gasteiger partial charge on any atom is 0.256 e. The molecule has 0 atom stereocenters. The molecule has 292 valence electrons. The highest BCUT2D eigenvalue weighted by Crippen LogP contribution is 2.22. The zero-order valence-corrected chi connectivity index (χ0v) is 33.2. The molecular formula is C47H44N6O5. The third-order valence-corrected chi connectivity index (χ3v) is 7.99. The van der Waals surface area contributed by atoms with Crippen molar-refractivity contribution in [3.8, 4) is 23.7 Å². The Hall–Kier alpha value is -7.37. The molecule has 0 fully saturated rings. The molecule has 0 saturated heterocycles. The Labute approximate surface area is 338 Å². The van der Waals surface area contributed by atoms with E-state index in [1.54, 1.807) is 72.8 Å². The number of pyridine rings is 2. The van der Waals surface area contributed by atoms with E-state index in [4.69, 9.17) is 0 Å². The number of nitrogens with zero attached hydrogens (tertiary/aromatic N) is 2. The van der Waals surface area contributed by atoms with Gasteiger partial charge < -0.3 is 21.3 Å². The molecule has 0 aliphatic carbocycles. The molecule has 0 aliphatic heterocycles. The minimum Gasteiger partial charge on any atom is -0.311 e. The lowest BCUT2D eigenvalue weighted by Crippen LogP contribution is -2.21. The molecule has 0 spiro atoms. The third kappa shape index (κ3) is 13.4. The first kappa shape index (κ1) is 41.8. The van der Waals surface area contributed by atoms with E-state index in [1.165, 1.54) is 6.07 Å². The Bertz CT molecular complexity index is 2370. The van der Waals surface area contributed by atoms with Gasteiger partial charge in [-0.15, -0.1) is 0 Å². The van der Waals surface area contributed by atoms with E-state index in [-0.39, 0.29) is 69.9 Å². The van der Waals surface area contributed by atoms with Crippen molar-refractivity contribution in [2.24, 2.45) is 10.8 Å². The van der Waals surface area contributed by atoms with Gasteiger partial charge in [0.1, 0.15) is 29.6 Å². The summed E-state index contributed by atoms with van der Waals surface area (Å²) in [5.74, 6) is 11.7. The predicted octanol–water partition coefficient (Wildman–Crippen LogP) is 8.34. The lowest BCUT2D eigenvalue weighted by molar-refractivity contribution is -0.118. The number of hydrogen-bond donors (Lipinski definition) is 4. The van der Waals surface area contributed by atoms with Crippen molar-refractivity contribution in [1.82, 2.24) is 9.97 Å². The van der Waals surface area contributed by atoms with Gasteiger partial charge >= 0.3 is 0 Å². The smallest absolute Gasteiger partial charge is 0.256 e. The molecule has 3 aromatic carbocycles. The van der Waals surface area contributed by atoms with Gasteiger partial charge in [-0.3, -0.25) is 24.0 Å². The summed E-state index contributed by atoms with van der Waals surface area (Å²) in [6.45, 7) is 11.7. The number of nitrogens with one attached hydrogen (secondary N) is 4. The molecule has 5 rings (SSSR count). The van der Waals surface area contributed by atoms with Gasteiger partial charge in [-0.1, -0.05) is 89.5 Å². The van der Waals surface area contributed by atoms with E-state index in [0.717, 1.165) is 17.4 Å². The summed E-state index contributed by atoms with van der Waals surface area (Å²) < 4.78 is 0. The molecule has 0 unspecified atom stereocenters. The van der Waals surface area contributed by atoms with Crippen molar-refractivity contribution >= 4 is 53.2 Å². The maximum absolute atomic E-state index is 13.7. The van der Waals surface area contributed by atoms with Gasteiger partial charge in [0.05, 0.1) is 0 Å². The second-order valence-corrected chi connectivity index (χ2v) is 15.9. The normalized spacial score (nSPS) is 10.8. The molecule has 0 saturated carbocycles. The SMILES string of the molecule is CC(C)(C)CC(=O)Nc1cccc(NC(=O)c2cc(C#Cc3ccc(C#Cc4ccc(C=O)cc4)cc3)cc(C(=O)Nc3cccc(NC(=O)CC(C)(C)C)n3)c2)n1. The third-order valence-electron chi connectivity index (χ3n) is 7.99. The van der Waals surface area contributed by atoms with Crippen LogP contribution in [0.2, 0.25) is 0 Å². The molecule has 0 bridgehead atoms. The summed E-state index contributed by atoms with van der Waals surface area (Å²) >= 11 is 0. The lowest BCUT2D eigenvalue weighted by Gasteiger charge is -2.17. The molecule has 11 heteroatoms. The van der Waals surface area contributed by atoms with E-state index in [2.05, 4.69) is 54.9 Å². The first-order valence-electron chi connectivity index (χ1n) is 18.5. The summed E-state index contributed by atoms with van der Waals surface area (Å²) in [6.07, 6.45) is 1.35. The van der Waals surface area contributed by atoms with Crippen LogP contribution in [0.25, 0.3) is 0 Å². The van der Waals surface area contributed by atoms with Gasteiger partial charge in [0.25, 0.3) is 11.8 Å². The Morgan fingerprint density at radius 1 is 0.500 bits per heavy atom. The minimum absolute atomic E-state index is 0.129. The zero-order chi connectivity index (χ0) is 41.9. The van der Waals surface area contributed by atoms with Crippen molar-refractivity contribution in [3.05, 3.63) is 142 Å². The van der Waals surface area contributed by atoms with E-state index in [9.17, 15) is 24.0 Å². The summed E-state index contributed by atoms with van der Waals surface area (Å²) in [4.78, 5) is 72.1. The van der Waals surface area contributed by atoms with Crippen LogP contribution in [0.4, 0.5) is 23.3 Å². The number of amides is 4. The standard InChI is InChI=1S/C47H44N6O5/c1-46(2,3)28-42(55)50-38-9-7-11-40(48-38)52-44(57)36-25-35(24-21-32-16-13-31(14-17-32)15-18-33-19-22-34(30-54)23-20-33)26-37(27-36)45(58)53-41-12-8-10-39(49-41)51-43(56)29-47(4,5)6/h7-14,16-17,19-20,22-23,25-27,30H,28-29H2,1-6H3,(H2,48,50,52,55,57)(H2,49,51,53,56,58). The topological polar surface area (TPSA) is 159 Å². The predicted molar refractivity (Wildman–Crippen MR) is 226 cm³/mol. The quantitative estimate of drug-likeness (QED) is 0.0866. The average molecular weight is 773 g/mol. The Morgan fingerprint density at radius 3 is 1.21 bits per heavy atom. The van der Waals surface area contributed by atoms with Crippen LogP contribution >= 0.6 is 0 Å². The molecule has 0 aliphatic rings. The number of aromatic nitrogens is 2. The maximum atomic E-state index is 13.7. The van der Waals surface area contributed by atoms with E-state index >= 15 is 0 Å². The average Bonchev–Trinajstić information content (AvgIpc) is 3.15. The molecule has 11 nitrogen and oxygen atoms in total. The van der Waals surface area contributed by atoms with E-state index in [1.807, 2.05) is 65.8 Å². The van der Waals surface area contributed by atoms with Gasteiger partial charge in [0, 0.05) is 51.8 Å². The summed E-state index contributed by atoms with van der Waals surface area (Å²) in [6, 6.07) is 28.6. The summed E-state index contributed by atoms with van der Waals surface area (Å²) in [7, 11) is 0. The molecule has 4 amide bonds. The Morgan fingerprint density at radius 2 is 0.845 bits per heavy atom. The molecule has 58 heavy (non-hydrogen) atoms. The van der Waals surface area contributed by atoms with Crippen molar-refractivity contribution in [3.63, 3.8) is 0 Å². The van der Waals surface area contributed by atoms with Gasteiger partial charge in [0.15, 0.2) is 0 Å². The Kier molecular flexibility index (Phi) is 13.3. The van der Waals surface area contributed by atoms with Crippen LogP contribution in [-0.4, -0.2) is 39.9 Å². The highest BCUT2D eigenvalue weighted by Gasteiger charge is 2.19. The van der Waals surface area contributed by atoms with Crippen LogP contribution in [-0.2, 0) is 9.59 Å². The fourth-order valence-corrected chi connectivity index (χ4v) is 5.39. The molecule has 2 heterocycles. The second kappa shape index (κ2) is 18.5. The molecule has 5 aromatic rings. The molecule has 4 N–H and O–H groups in total. The largest absolute Gasteiger partial charge is 0.311 e. The van der Waals surface area contributed by atoms with Crippen LogP contribution in [0, 0.1) is 34.5 Å². The number of anilines is 4. The first-order valence-corrected chi connectivity index (χ1v) is 18.5. The number of hydrogen-bond acceptors (Lipinski definition) is 7. The number of aldehydes is 1. The zero-order valence-electron chi connectivity index (χ0n) is 33.2. The van der Waals surface area contributed by atoms with Gasteiger partial charge in [-0.05, 0) is 89.7 Å². The van der Waals surface area contributed by atoms with Gasteiger partial charge in [-0.25, -0.2) is 9.97 Å². The highest BCUT2D eigenvalue weighted by atomic mass is 16.2. The second-order valence-electron chi connectivity index (χ2n) is 15.9. The van der Waals surface area contributed by atoms with Crippen LogP contribution in [0.1, 0.15) is 108 Å². The van der Waals surface area contributed by atoms with Crippen LogP contribution in [0.3, 0.4) is 0 Å². The summed E-state index contributed by atoms with van der Waals surface area (Å²) in [5, 5.41) is 11.0. The fourth-order valence-electron chi connectivity index (χ4n) is 5.39. The number of carbonyl (C=O) groups excluding carboxylic acids is 5. The van der Waals surface area contributed by atoms with Crippen LogP contribution in [0.5, 0.6) is 0 Å². The lowest BCUT2D eigenvalue weighted by atomic mass is 9.92. The fraction of sp³-hybridized carbons (Fsp3) is 0.213. The monoisotopic (exact) mass is 772 g/mol. The van der Waals surface area contributed by atoms with E-state index in [0.29, 0.717) is 16.7 Å². The van der Waals surface area contributed by atoms with E-state index < -0.39 is 11.8 Å². The Balaban J connectivity index is 1.39. The van der Waals surface area contributed by atoms with Crippen LogP contribution in [0.15, 0.2) is 103 Å². The van der Waals surface area contributed by atoms with Gasteiger partial charge in [0.2, 0.25) is 11.8 Å². The minimum atomic E-state index is -0.561. The van der Waals surface area contributed by atoms with Crippen molar-refractivity contribution in [2.75, 3.05) is 21.3 Å². The highest BCUT2D eigenvalue weighted by molar-refractivity contribution is 6.09. The van der Waals surface area contributed by atoms with Crippen LogP contribution < -0.4 is 21.3 Å². The molecule has 0 radical (unpaired) electrons. The van der Waals surface area contributed by atoms with Crippen molar-refractivity contribution in [1.29, 1.82) is 0 Å². The molecule has 2 aromatic heterocycles. The summed E-state index contributed by atoms with van der Waals surface area (Å²) in [5.41, 5.74) is 2.98. The van der Waals surface area contributed by atoms with Gasteiger partial charge in [-0.2, -0.15) is 0 Å².